The van der Waals surface area contributed by atoms with E-state index in [9.17, 15) is 18.0 Å². The van der Waals surface area contributed by atoms with E-state index in [1.807, 2.05) is 5.32 Å². The molecule has 2 N–H and O–H groups in total. The molecule has 0 aliphatic rings. The van der Waals surface area contributed by atoms with Gasteiger partial charge in [-0.1, -0.05) is 6.08 Å². The molecule has 0 radical (unpaired) electrons. The number of alkyl halides is 3. The molecule has 0 aromatic carbocycles. The van der Waals surface area contributed by atoms with E-state index in [2.05, 4.69) is 11.9 Å². The Labute approximate surface area is 74.0 Å². The highest BCUT2D eigenvalue weighted by Crippen LogP contribution is 2.11. The van der Waals surface area contributed by atoms with E-state index < -0.39 is 18.6 Å². The van der Waals surface area contributed by atoms with Gasteiger partial charge in [0, 0.05) is 6.54 Å². The summed E-state index contributed by atoms with van der Waals surface area (Å²) in [5.41, 5.74) is 0. The van der Waals surface area contributed by atoms with Gasteiger partial charge in [0.2, 0.25) is 5.91 Å². The molecule has 0 bridgehead atoms. The summed E-state index contributed by atoms with van der Waals surface area (Å²) in [5.74, 6) is -0.482. The summed E-state index contributed by atoms with van der Waals surface area (Å²) in [6, 6.07) is 0. The molecule has 0 aliphatic heterocycles. The first kappa shape index (κ1) is 12.0. The van der Waals surface area contributed by atoms with Crippen molar-refractivity contribution in [3.63, 3.8) is 0 Å². The number of halogens is 3. The molecule has 0 rings (SSSR count). The van der Waals surface area contributed by atoms with Gasteiger partial charge in [-0.15, -0.1) is 6.58 Å². The Morgan fingerprint density at radius 2 is 2.08 bits per heavy atom. The van der Waals surface area contributed by atoms with Crippen molar-refractivity contribution in [3.8, 4) is 0 Å². The van der Waals surface area contributed by atoms with Gasteiger partial charge in [0.05, 0.1) is 13.1 Å². The molecular formula is C7H11F3N2O. The predicted octanol–water partition coefficient (Wildman–Crippen LogP) is 0.441. The molecular weight excluding hydrogens is 185 g/mol. The van der Waals surface area contributed by atoms with Crippen LogP contribution in [0, 0.1) is 0 Å². The highest BCUT2D eigenvalue weighted by Gasteiger charge is 2.26. The lowest BCUT2D eigenvalue weighted by atomic mass is 10.5. The molecule has 0 atom stereocenters. The van der Waals surface area contributed by atoms with Gasteiger partial charge >= 0.3 is 6.18 Å². The zero-order valence-electron chi connectivity index (χ0n) is 6.95. The van der Waals surface area contributed by atoms with Gasteiger partial charge in [-0.25, -0.2) is 0 Å². The minimum atomic E-state index is -4.28. The van der Waals surface area contributed by atoms with Crippen molar-refractivity contribution in [1.82, 2.24) is 10.6 Å². The van der Waals surface area contributed by atoms with Crippen LogP contribution in [0.2, 0.25) is 0 Å². The normalized spacial score (nSPS) is 11.0. The van der Waals surface area contributed by atoms with Crippen LogP contribution in [-0.2, 0) is 4.79 Å². The zero-order chi connectivity index (χ0) is 10.3. The number of nitrogens with one attached hydrogen (secondary N) is 2. The first-order valence-electron chi connectivity index (χ1n) is 3.61. The van der Waals surface area contributed by atoms with E-state index in [0.29, 0.717) is 0 Å². The molecule has 3 nitrogen and oxygen atoms in total. The molecule has 0 aromatic heterocycles. The topological polar surface area (TPSA) is 41.1 Å². The monoisotopic (exact) mass is 196 g/mol. The third kappa shape index (κ3) is 8.87. The molecule has 0 saturated heterocycles. The van der Waals surface area contributed by atoms with Crippen molar-refractivity contribution in [3.05, 3.63) is 12.7 Å². The molecule has 0 saturated carbocycles. The van der Waals surface area contributed by atoms with Gasteiger partial charge in [-0.2, -0.15) is 13.2 Å². The van der Waals surface area contributed by atoms with Crippen LogP contribution in [0.3, 0.4) is 0 Å². The minimum absolute atomic E-state index is 0.256. The number of amides is 1. The molecule has 1 amide bonds. The summed E-state index contributed by atoms with van der Waals surface area (Å²) >= 11 is 0. The fourth-order valence-electron chi connectivity index (χ4n) is 0.566. The number of carbonyl (C=O) groups excluding carboxylic acids is 1. The third-order valence-corrected chi connectivity index (χ3v) is 1.05. The molecule has 0 aliphatic carbocycles. The first-order valence-corrected chi connectivity index (χ1v) is 3.61. The lowest BCUT2D eigenvalue weighted by molar-refractivity contribution is -0.128. The van der Waals surface area contributed by atoms with Crippen molar-refractivity contribution in [2.24, 2.45) is 0 Å². The van der Waals surface area contributed by atoms with E-state index in [4.69, 9.17) is 0 Å². The highest BCUT2D eigenvalue weighted by molar-refractivity contribution is 5.78. The molecule has 13 heavy (non-hydrogen) atoms. The summed E-state index contributed by atoms with van der Waals surface area (Å²) in [7, 11) is 0. The van der Waals surface area contributed by atoms with E-state index >= 15 is 0 Å². The van der Waals surface area contributed by atoms with Gasteiger partial charge in [-0.3, -0.25) is 4.79 Å². The summed E-state index contributed by atoms with van der Waals surface area (Å²) in [6.45, 7) is 2.10. The standard InChI is InChI=1S/C7H11F3N2O/c1-2-3-12-6(13)4-11-5-7(8,9)10/h2,11H,1,3-5H2,(H,12,13). The number of rotatable bonds is 5. The average Bonchev–Trinajstić information content (AvgIpc) is 1.98. The number of hydrogen-bond acceptors (Lipinski definition) is 2. The van der Waals surface area contributed by atoms with E-state index in [0.717, 1.165) is 0 Å². The van der Waals surface area contributed by atoms with Crippen LogP contribution in [-0.4, -0.2) is 31.7 Å². The minimum Gasteiger partial charge on any atom is -0.352 e. The fraction of sp³-hybridized carbons (Fsp3) is 0.571. The van der Waals surface area contributed by atoms with Crippen molar-refractivity contribution in [1.29, 1.82) is 0 Å². The third-order valence-electron chi connectivity index (χ3n) is 1.05. The van der Waals surface area contributed by atoms with Crippen LogP contribution in [0.15, 0.2) is 12.7 Å². The van der Waals surface area contributed by atoms with Crippen molar-refractivity contribution < 1.29 is 18.0 Å². The summed E-state index contributed by atoms with van der Waals surface area (Å²) in [5, 5.41) is 4.29. The molecule has 0 spiro atoms. The lowest BCUT2D eigenvalue weighted by Crippen LogP contribution is -2.38. The van der Waals surface area contributed by atoms with Crippen LogP contribution in [0.25, 0.3) is 0 Å². The van der Waals surface area contributed by atoms with Crippen molar-refractivity contribution in [2.45, 2.75) is 6.18 Å². The Morgan fingerprint density at radius 3 is 2.54 bits per heavy atom. The second-order valence-corrected chi connectivity index (χ2v) is 2.31. The van der Waals surface area contributed by atoms with Crippen LogP contribution in [0.4, 0.5) is 13.2 Å². The molecule has 0 unspecified atom stereocenters. The maximum absolute atomic E-state index is 11.5. The average molecular weight is 196 g/mol. The Hall–Kier alpha value is -1.04. The largest absolute Gasteiger partial charge is 0.401 e. The molecule has 0 aromatic rings. The van der Waals surface area contributed by atoms with Gasteiger partial charge in [0.15, 0.2) is 0 Å². The van der Waals surface area contributed by atoms with Crippen LogP contribution in [0.1, 0.15) is 0 Å². The Bertz CT molecular complexity index is 179. The van der Waals surface area contributed by atoms with Crippen molar-refractivity contribution >= 4 is 5.91 Å². The maximum atomic E-state index is 11.5. The SMILES string of the molecule is C=CCNC(=O)CNCC(F)(F)F. The van der Waals surface area contributed by atoms with Crippen LogP contribution in [0.5, 0.6) is 0 Å². The van der Waals surface area contributed by atoms with E-state index in [-0.39, 0.29) is 13.1 Å². The summed E-state index contributed by atoms with van der Waals surface area (Å²) < 4.78 is 34.6. The van der Waals surface area contributed by atoms with Gasteiger partial charge in [-0.05, 0) is 0 Å². The lowest BCUT2D eigenvalue weighted by Gasteiger charge is -2.07. The Balaban J connectivity index is 3.42. The van der Waals surface area contributed by atoms with Gasteiger partial charge in [0.25, 0.3) is 0 Å². The van der Waals surface area contributed by atoms with E-state index in [1.54, 1.807) is 0 Å². The van der Waals surface area contributed by atoms with Gasteiger partial charge in [0.1, 0.15) is 0 Å². The van der Waals surface area contributed by atoms with Crippen molar-refractivity contribution in [2.75, 3.05) is 19.6 Å². The molecule has 0 fully saturated rings. The van der Waals surface area contributed by atoms with E-state index in [1.165, 1.54) is 6.08 Å². The second kappa shape index (κ2) is 5.58. The fourth-order valence-corrected chi connectivity index (χ4v) is 0.566. The predicted molar refractivity (Wildman–Crippen MR) is 42.1 cm³/mol. The Kier molecular flexibility index (Phi) is 5.13. The summed E-state index contributed by atoms with van der Waals surface area (Å²) in [4.78, 5) is 10.7. The number of carbonyl (C=O) groups is 1. The molecule has 0 heterocycles. The Morgan fingerprint density at radius 1 is 1.46 bits per heavy atom. The quantitative estimate of drug-likeness (QED) is 0.626. The van der Waals surface area contributed by atoms with Gasteiger partial charge < -0.3 is 10.6 Å². The van der Waals surface area contributed by atoms with Crippen LogP contribution >= 0.6 is 0 Å². The molecule has 6 heteroatoms. The highest BCUT2D eigenvalue weighted by atomic mass is 19.4. The van der Waals surface area contributed by atoms with Crippen LogP contribution < -0.4 is 10.6 Å². The smallest absolute Gasteiger partial charge is 0.352 e. The molecule has 76 valence electrons. The summed E-state index contributed by atoms with van der Waals surface area (Å²) in [6.07, 6.45) is -2.83. The first-order chi connectivity index (χ1) is 5.95. The number of hydrogen-bond donors (Lipinski definition) is 2. The second-order valence-electron chi connectivity index (χ2n) is 2.31. The maximum Gasteiger partial charge on any atom is 0.401 e. The zero-order valence-corrected chi connectivity index (χ0v) is 6.95.